The standard InChI is InChI=1S/C27H33N3O5/c1-6-25(32)29(4)16-24-18(2)15-30(19(3)17-31)27(33)23-13-21(14-28-26(23)35-24)8-7-20-9-11-22(34-5)12-10-20/h9-14,18-19,24,31H,6,15-17H2,1-5H3/t18-,19+,24+/m1/s1. The molecule has 1 aliphatic heterocycles. The van der Waals surface area contributed by atoms with E-state index in [2.05, 4.69) is 16.8 Å². The molecule has 0 fully saturated rings. The Labute approximate surface area is 206 Å². The summed E-state index contributed by atoms with van der Waals surface area (Å²) in [5.74, 6) is 6.72. The number of benzene rings is 1. The van der Waals surface area contributed by atoms with Crippen LogP contribution in [-0.2, 0) is 4.79 Å². The van der Waals surface area contributed by atoms with E-state index in [1.54, 1.807) is 43.1 Å². The predicted molar refractivity (Wildman–Crippen MR) is 132 cm³/mol. The summed E-state index contributed by atoms with van der Waals surface area (Å²) < 4.78 is 11.4. The van der Waals surface area contributed by atoms with Gasteiger partial charge >= 0.3 is 0 Å². The summed E-state index contributed by atoms with van der Waals surface area (Å²) in [6.45, 7) is 6.16. The zero-order valence-corrected chi connectivity index (χ0v) is 20.9. The van der Waals surface area contributed by atoms with Crippen LogP contribution in [0, 0.1) is 17.8 Å². The number of nitrogens with zero attached hydrogens (tertiary/aromatic N) is 3. The number of pyridine rings is 1. The highest BCUT2D eigenvalue weighted by molar-refractivity contribution is 5.97. The Hall–Kier alpha value is -3.57. The van der Waals surface area contributed by atoms with Crippen molar-refractivity contribution < 1.29 is 24.2 Å². The Bertz CT molecular complexity index is 1110. The maximum Gasteiger partial charge on any atom is 0.259 e. The molecule has 35 heavy (non-hydrogen) atoms. The van der Waals surface area contributed by atoms with Gasteiger partial charge in [-0.2, -0.15) is 0 Å². The fraction of sp³-hybridized carbons (Fsp3) is 0.444. The molecule has 8 heteroatoms. The lowest BCUT2D eigenvalue weighted by molar-refractivity contribution is -0.131. The molecular weight excluding hydrogens is 446 g/mol. The number of carbonyl (C=O) groups is 2. The van der Waals surface area contributed by atoms with Gasteiger partial charge in [0, 0.05) is 43.3 Å². The number of hydrogen-bond acceptors (Lipinski definition) is 6. The van der Waals surface area contributed by atoms with Gasteiger partial charge in [0.1, 0.15) is 17.4 Å². The van der Waals surface area contributed by atoms with Gasteiger partial charge in [0.25, 0.3) is 5.91 Å². The number of aliphatic hydroxyl groups excluding tert-OH is 1. The number of methoxy groups -OCH3 is 1. The minimum Gasteiger partial charge on any atom is -0.497 e. The topological polar surface area (TPSA) is 92.2 Å². The quantitative estimate of drug-likeness (QED) is 0.641. The summed E-state index contributed by atoms with van der Waals surface area (Å²) in [6.07, 6.45) is 1.60. The Morgan fingerprint density at radius 3 is 2.63 bits per heavy atom. The second-order valence-corrected chi connectivity index (χ2v) is 8.81. The van der Waals surface area contributed by atoms with Crippen molar-refractivity contribution in [1.29, 1.82) is 0 Å². The van der Waals surface area contributed by atoms with Crippen LogP contribution in [0.15, 0.2) is 36.5 Å². The second kappa shape index (κ2) is 11.7. The largest absolute Gasteiger partial charge is 0.497 e. The number of aliphatic hydroxyl groups is 1. The minimum absolute atomic E-state index is 0.0110. The molecule has 186 valence electrons. The zero-order chi connectivity index (χ0) is 25.5. The lowest BCUT2D eigenvalue weighted by Crippen LogP contribution is -2.50. The average Bonchev–Trinajstić information content (AvgIpc) is 2.88. The predicted octanol–water partition coefficient (Wildman–Crippen LogP) is 2.58. The van der Waals surface area contributed by atoms with Crippen molar-refractivity contribution in [3.8, 4) is 23.5 Å². The number of fused-ring (bicyclic) bond motifs is 1. The van der Waals surface area contributed by atoms with Crippen molar-refractivity contribution in [3.05, 3.63) is 53.2 Å². The van der Waals surface area contributed by atoms with Crippen LogP contribution in [0.5, 0.6) is 11.6 Å². The molecule has 0 saturated carbocycles. The summed E-state index contributed by atoms with van der Waals surface area (Å²) in [6, 6.07) is 8.65. The highest BCUT2D eigenvalue weighted by Gasteiger charge is 2.34. The van der Waals surface area contributed by atoms with Crippen LogP contribution in [0.2, 0.25) is 0 Å². The van der Waals surface area contributed by atoms with E-state index in [9.17, 15) is 14.7 Å². The molecule has 8 nitrogen and oxygen atoms in total. The Morgan fingerprint density at radius 1 is 1.31 bits per heavy atom. The molecule has 0 unspecified atom stereocenters. The van der Waals surface area contributed by atoms with Gasteiger partial charge in [-0.25, -0.2) is 4.98 Å². The molecule has 1 N–H and O–H groups in total. The first-order valence-electron chi connectivity index (χ1n) is 11.8. The molecule has 0 spiro atoms. The molecular formula is C27H33N3O5. The molecule has 0 bridgehead atoms. The first kappa shape index (κ1) is 26.0. The van der Waals surface area contributed by atoms with E-state index in [0.717, 1.165) is 11.3 Å². The summed E-state index contributed by atoms with van der Waals surface area (Å²) in [7, 11) is 3.35. The summed E-state index contributed by atoms with van der Waals surface area (Å²) in [5.41, 5.74) is 1.65. The summed E-state index contributed by atoms with van der Waals surface area (Å²) >= 11 is 0. The van der Waals surface area contributed by atoms with Gasteiger partial charge in [-0.1, -0.05) is 25.7 Å². The second-order valence-electron chi connectivity index (χ2n) is 8.81. The highest BCUT2D eigenvalue weighted by atomic mass is 16.5. The van der Waals surface area contributed by atoms with Crippen molar-refractivity contribution in [2.75, 3.05) is 33.9 Å². The Balaban J connectivity index is 1.97. The molecule has 3 rings (SSSR count). The fourth-order valence-electron chi connectivity index (χ4n) is 3.85. The molecule has 2 heterocycles. The van der Waals surface area contributed by atoms with Gasteiger partial charge in [0.05, 0.1) is 26.3 Å². The maximum absolute atomic E-state index is 13.5. The molecule has 1 aromatic carbocycles. The Morgan fingerprint density at radius 2 is 2.00 bits per heavy atom. The third kappa shape index (κ3) is 6.31. The van der Waals surface area contributed by atoms with Crippen LogP contribution < -0.4 is 9.47 Å². The first-order valence-corrected chi connectivity index (χ1v) is 11.8. The molecule has 1 aromatic heterocycles. The van der Waals surface area contributed by atoms with Crippen molar-refractivity contribution in [1.82, 2.24) is 14.8 Å². The smallest absolute Gasteiger partial charge is 0.259 e. The van der Waals surface area contributed by atoms with Crippen molar-refractivity contribution >= 4 is 11.8 Å². The molecule has 0 aliphatic carbocycles. The van der Waals surface area contributed by atoms with E-state index in [1.165, 1.54) is 0 Å². The van der Waals surface area contributed by atoms with Crippen LogP contribution >= 0.6 is 0 Å². The zero-order valence-electron chi connectivity index (χ0n) is 20.9. The van der Waals surface area contributed by atoms with Crippen LogP contribution in [0.3, 0.4) is 0 Å². The van der Waals surface area contributed by atoms with Gasteiger partial charge in [0.15, 0.2) is 0 Å². The number of ether oxygens (including phenoxy) is 2. The van der Waals surface area contributed by atoms with E-state index in [4.69, 9.17) is 9.47 Å². The number of carbonyl (C=O) groups excluding carboxylic acids is 2. The molecule has 0 radical (unpaired) electrons. The van der Waals surface area contributed by atoms with Gasteiger partial charge in [-0.15, -0.1) is 0 Å². The van der Waals surface area contributed by atoms with Crippen LogP contribution in [0.25, 0.3) is 0 Å². The molecule has 0 saturated heterocycles. The summed E-state index contributed by atoms with van der Waals surface area (Å²) in [5, 5.41) is 9.79. The van der Waals surface area contributed by atoms with E-state index in [1.807, 2.05) is 38.1 Å². The lowest BCUT2D eigenvalue weighted by Gasteiger charge is -2.37. The number of hydrogen-bond donors (Lipinski definition) is 1. The molecule has 2 amide bonds. The number of aromatic nitrogens is 1. The highest BCUT2D eigenvalue weighted by Crippen LogP contribution is 2.27. The van der Waals surface area contributed by atoms with Crippen LogP contribution in [0.4, 0.5) is 0 Å². The number of likely N-dealkylation sites (N-methyl/N-ethyl adjacent to an activating group) is 1. The molecule has 1 aliphatic rings. The van der Waals surface area contributed by atoms with Crippen LogP contribution in [0.1, 0.15) is 48.7 Å². The van der Waals surface area contributed by atoms with Gasteiger partial charge < -0.3 is 24.4 Å². The maximum atomic E-state index is 13.5. The monoisotopic (exact) mass is 479 g/mol. The average molecular weight is 480 g/mol. The van der Waals surface area contributed by atoms with Gasteiger partial charge in [0.2, 0.25) is 11.8 Å². The molecule has 3 atom stereocenters. The van der Waals surface area contributed by atoms with Crippen molar-refractivity contribution in [2.45, 2.75) is 39.3 Å². The van der Waals surface area contributed by atoms with E-state index >= 15 is 0 Å². The van der Waals surface area contributed by atoms with Crippen LogP contribution in [-0.4, -0.2) is 77.7 Å². The lowest BCUT2D eigenvalue weighted by atomic mass is 9.99. The van der Waals surface area contributed by atoms with E-state index in [0.29, 0.717) is 25.1 Å². The first-order chi connectivity index (χ1) is 16.8. The summed E-state index contributed by atoms with van der Waals surface area (Å²) in [4.78, 5) is 33.4. The third-order valence-electron chi connectivity index (χ3n) is 6.14. The van der Waals surface area contributed by atoms with E-state index in [-0.39, 0.29) is 47.9 Å². The van der Waals surface area contributed by atoms with E-state index < -0.39 is 0 Å². The SMILES string of the molecule is CCC(=O)N(C)C[C@@H]1Oc2ncc(C#Cc3ccc(OC)cc3)cc2C(=O)N([C@@H](C)CO)C[C@H]1C. The number of rotatable bonds is 6. The van der Waals surface area contributed by atoms with Gasteiger partial charge in [-0.3, -0.25) is 9.59 Å². The Kier molecular flexibility index (Phi) is 8.72. The molecule has 2 aromatic rings. The van der Waals surface area contributed by atoms with Crippen molar-refractivity contribution in [3.63, 3.8) is 0 Å². The normalized spacial score (nSPS) is 18.2. The number of amides is 2. The fourth-order valence-corrected chi connectivity index (χ4v) is 3.85. The minimum atomic E-state index is -0.388. The third-order valence-corrected chi connectivity index (χ3v) is 6.14. The van der Waals surface area contributed by atoms with Crippen molar-refractivity contribution in [2.24, 2.45) is 5.92 Å². The van der Waals surface area contributed by atoms with Gasteiger partial charge in [-0.05, 0) is 37.3 Å².